The fourth-order valence-electron chi connectivity index (χ4n) is 1.68. The zero-order valence-electron chi connectivity index (χ0n) is 11.6. The van der Waals surface area contributed by atoms with Gasteiger partial charge in [0, 0.05) is 6.20 Å². The first-order valence-electron chi connectivity index (χ1n) is 6.37. The van der Waals surface area contributed by atoms with Crippen molar-refractivity contribution in [2.45, 2.75) is 6.92 Å². The molecule has 1 aromatic carbocycles. The number of rotatable bonds is 6. The van der Waals surface area contributed by atoms with E-state index < -0.39 is 10.0 Å². The van der Waals surface area contributed by atoms with Crippen LogP contribution >= 0.6 is 0 Å². The number of hydrogen-bond donors (Lipinski definition) is 2. The molecule has 0 spiro atoms. The van der Waals surface area contributed by atoms with Gasteiger partial charge in [-0.05, 0) is 36.8 Å². The molecular weight excluding hydrogens is 290 g/mol. The van der Waals surface area contributed by atoms with E-state index in [1.807, 2.05) is 6.92 Å². The highest BCUT2D eigenvalue weighted by atomic mass is 32.2. The Morgan fingerprint density at radius 3 is 2.76 bits per heavy atom. The Morgan fingerprint density at radius 2 is 2.05 bits per heavy atom. The second-order valence-corrected chi connectivity index (χ2v) is 6.37. The number of nitrogens with two attached hydrogens (primary N) is 1. The summed E-state index contributed by atoms with van der Waals surface area (Å²) in [6.07, 6.45) is 1.55. The second-order valence-electron chi connectivity index (χ2n) is 4.53. The fraction of sp³-hybridized carbons (Fsp3) is 0.214. The van der Waals surface area contributed by atoms with Gasteiger partial charge >= 0.3 is 0 Å². The van der Waals surface area contributed by atoms with E-state index in [2.05, 4.69) is 9.71 Å². The highest BCUT2D eigenvalue weighted by molar-refractivity contribution is 7.92. The summed E-state index contributed by atoms with van der Waals surface area (Å²) < 4.78 is 31.6. The van der Waals surface area contributed by atoms with Gasteiger partial charge < -0.3 is 10.5 Å². The van der Waals surface area contributed by atoms with Gasteiger partial charge in [-0.2, -0.15) is 0 Å². The molecule has 2 rings (SSSR count). The zero-order valence-corrected chi connectivity index (χ0v) is 12.4. The number of aryl methyl sites for hydroxylation is 1. The van der Waals surface area contributed by atoms with Crippen molar-refractivity contribution < 1.29 is 13.2 Å². The monoisotopic (exact) mass is 307 g/mol. The number of anilines is 2. The summed E-state index contributed by atoms with van der Waals surface area (Å²) in [4.78, 5) is 3.95. The number of sulfonamides is 1. The first kappa shape index (κ1) is 15.1. The fourth-order valence-corrected chi connectivity index (χ4v) is 2.51. The summed E-state index contributed by atoms with van der Waals surface area (Å²) in [6.45, 7) is 1.87. The molecule has 6 nitrogen and oxygen atoms in total. The first-order valence-corrected chi connectivity index (χ1v) is 8.02. The molecule has 3 N–H and O–H groups in total. The number of nitrogen functional groups attached to an aromatic ring is 1. The van der Waals surface area contributed by atoms with Crippen molar-refractivity contribution in [2.24, 2.45) is 0 Å². The normalized spacial score (nSPS) is 11.1. The van der Waals surface area contributed by atoms with E-state index in [9.17, 15) is 8.42 Å². The molecule has 0 saturated heterocycles. The minimum atomic E-state index is -3.51. The van der Waals surface area contributed by atoms with Gasteiger partial charge in [-0.15, -0.1) is 0 Å². The molecule has 0 atom stereocenters. The Hall–Kier alpha value is -2.28. The van der Waals surface area contributed by atoms with Crippen LogP contribution in [0.25, 0.3) is 0 Å². The van der Waals surface area contributed by atoms with Gasteiger partial charge in [0.05, 0.1) is 5.69 Å². The van der Waals surface area contributed by atoms with E-state index in [1.54, 1.807) is 42.6 Å². The zero-order chi connectivity index (χ0) is 15.3. The molecule has 0 bridgehead atoms. The molecule has 0 saturated carbocycles. The van der Waals surface area contributed by atoms with Crippen LogP contribution in [0.5, 0.6) is 5.75 Å². The van der Waals surface area contributed by atoms with Gasteiger partial charge in [-0.1, -0.05) is 12.1 Å². The van der Waals surface area contributed by atoms with Gasteiger partial charge in [-0.25, -0.2) is 13.4 Å². The molecule has 0 unspecified atom stereocenters. The maximum Gasteiger partial charge on any atom is 0.237 e. The lowest BCUT2D eigenvalue weighted by molar-refractivity contribution is 0.343. The van der Waals surface area contributed by atoms with Crippen molar-refractivity contribution in [3.8, 4) is 5.75 Å². The van der Waals surface area contributed by atoms with E-state index in [0.717, 1.165) is 5.56 Å². The summed E-state index contributed by atoms with van der Waals surface area (Å²) in [6, 6.07) is 10.4. The standard InChI is InChI=1S/C14H17N3O3S/c1-11-6-7-16-14(10-11)17-21(18,19)9-8-20-13-5-3-2-4-12(13)15/h2-7,10H,8-9,15H2,1H3,(H,16,17). The molecular formula is C14H17N3O3S. The SMILES string of the molecule is Cc1ccnc(NS(=O)(=O)CCOc2ccccc2N)c1. The third kappa shape index (κ3) is 4.64. The smallest absolute Gasteiger partial charge is 0.237 e. The van der Waals surface area contributed by atoms with Crippen LogP contribution in [0.4, 0.5) is 11.5 Å². The van der Waals surface area contributed by atoms with Crippen molar-refractivity contribution in [1.82, 2.24) is 4.98 Å². The number of ether oxygens (including phenoxy) is 1. The topological polar surface area (TPSA) is 94.3 Å². The molecule has 0 aliphatic rings. The Kier molecular flexibility index (Phi) is 4.64. The summed E-state index contributed by atoms with van der Waals surface area (Å²) in [5.74, 6) is 0.590. The van der Waals surface area contributed by atoms with Gasteiger partial charge in [0.15, 0.2) is 0 Å². The average Bonchev–Trinajstić information content (AvgIpc) is 2.40. The van der Waals surface area contributed by atoms with Gasteiger partial charge in [-0.3, -0.25) is 4.72 Å². The van der Waals surface area contributed by atoms with Crippen LogP contribution in [-0.4, -0.2) is 25.8 Å². The summed E-state index contributed by atoms with van der Waals surface area (Å²) in [7, 11) is -3.51. The van der Waals surface area contributed by atoms with Crippen molar-refractivity contribution in [2.75, 3.05) is 22.8 Å². The predicted octanol–water partition coefficient (Wildman–Crippen LogP) is 1.79. The highest BCUT2D eigenvalue weighted by Crippen LogP contribution is 2.19. The molecule has 1 aromatic heterocycles. The van der Waals surface area contributed by atoms with Crippen molar-refractivity contribution >= 4 is 21.5 Å². The van der Waals surface area contributed by atoms with Crippen LogP contribution in [0.2, 0.25) is 0 Å². The van der Waals surface area contributed by atoms with E-state index in [1.165, 1.54) is 0 Å². The van der Waals surface area contributed by atoms with Gasteiger partial charge in [0.25, 0.3) is 0 Å². The number of para-hydroxylation sites is 2. The van der Waals surface area contributed by atoms with Crippen LogP contribution in [0.15, 0.2) is 42.6 Å². The number of benzene rings is 1. The third-order valence-electron chi connectivity index (χ3n) is 2.70. The lowest BCUT2D eigenvalue weighted by Gasteiger charge is -2.10. The molecule has 0 radical (unpaired) electrons. The van der Waals surface area contributed by atoms with Crippen molar-refractivity contribution in [1.29, 1.82) is 0 Å². The number of aromatic nitrogens is 1. The van der Waals surface area contributed by atoms with E-state index in [0.29, 0.717) is 17.3 Å². The summed E-state index contributed by atoms with van der Waals surface area (Å²) in [5.41, 5.74) is 7.11. The quantitative estimate of drug-likeness (QED) is 0.793. The van der Waals surface area contributed by atoms with Gasteiger partial charge in [0.1, 0.15) is 23.9 Å². The maximum atomic E-state index is 11.9. The van der Waals surface area contributed by atoms with Crippen molar-refractivity contribution in [3.05, 3.63) is 48.2 Å². The van der Waals surface area contributed by atoms with Crippen LogP contribution < -0.4 is 15.2 Å². The molecule has 1 heterocycles. The van der Waals surface area contributed by atoms with Crippen LogP contribution in [0.3, 0.4) is 0 Å². The lowest BCUT2D eigenvalue weighted by atomic mass is 10.3. The lowest BCUT2D eigenvalue weighted by Crippen LogP contribution is -2.22. The van der Waals surface area contributed by atoms with E-state index >= 15 is 0 Å². The molecule has 7 heteroatoms. The molecule has 0 aliphatic carbocycles. The summed E-state index contributed by atoms with van der Waals surface area (Å²) in [5, 5.41) is 0. The Morgan fingerprint density at radius 1 is 1.29 bits per heavy atom. The van der Waals surface area contributed by atoms with E-state index in [4.69, 9.17) is 10.5 Å². The Labute approximate surface area is 124 Å². The molecule has 0 fully saturated rings. The number of hydrogen-bond acceptors (Lipinski definition) is 5. The average molecular weight is 307 g/mol. The Bertz CT molecular complexity index is 717. The third-order valence-corrected chi connectivity index (χ3v) is 3.93. The largest absolute Gasteiger partial charge is 0.490 e. The number of nitrogens with one attached hydrogen (secondary N) is 1. The highest BCUT2D eigenvalue weighted by Gasteiger charge is 2.12. The first-order chi connectivity index (χ1) is 9.96. The second kappa shape index (κ2) is 6.45. The van der Waals surface area contributed by atoms with Crippen LogP contribution in [-0.2, 0) is 10.0 Å². The van der Waals surface area contributed by atoms with Crippen LogP contribution in [0.1, 0.15) is 5.56 Å². The minimum absolute atomic E-state index is 0.00929. The molecule has 0 aliphatic heterocycles. The number of nitrogens with zero attached hydrogens (tertiary/aromatic N) is 1. The molecule has 112 valence electrons. The maximum absolute atomic E-state index is 11.9. The molecule has 21 heavy (non-hydrogen) atoms. The molecule has 2 aromatic rings. The van der Waals surface area contributed by atoms with Gasteiger partial charge in [0.2, 0.25) is 10.0 Å². The van der Waals surface area contributed by atoms with Crippen molar-refractivity contribution in [3.63, 3.8) is 0 Å². The van der Waals surface area contributed by atoms with E-state index in [-0.39, 0.29) is 12.4 Å². The predicted molar refractivity (Wildman–Crippen MR) is 82.7 cm³/mol. The summed E-state index contributed by atoms with van der Waals surface area (Å²) >= 11 is 0. The number of pyridine rings is 1. The minimum Gasteiger partial charge on any atom is -0.490 e. The van der Waals surface area contributed by atoms with Crippen LogP contribution in [0, 0.1) is 6.92 Å². The Balaban J connectivity index is 1.91. The molecule has 0 amide bonds.